The molecule has 0 saturated heterocycles. The summed E-state index contributed by atoms with van der Waals surface area (Å²) in [6, 6.07) is 13.5. The average molecular weight is 410 g/mol. The Bertz CT molecular complexity index is 950. The Morgan fingerprint density at radius 2 is 1.79 bits per heavy atom. The van der Waals surface area contributed by atoms with Gasteiger partial charge in [0.15, 0.2) is 0 Å². The maximum absolute atomic E-state index is 13.1. The van der Waals surface area contributed by atoms with E-state index in [2.05, 4.69) is 20.6 Å². The van der Waals surface area contributed by atoms with Crippen molar-refractivity contribution in [2.45, 2.75) is 31.1 Å². The van der Waals surface area contributed by atoms with Crippen molar-refractivity contribution in [2.24, 2.45) is 0 Å². The van der Waals surface area contributed by atoms with E-state index in [1.807, 2.05) is 59.4 Å². The van der Waals surface area contributed by atoms with Crippen LogP contribution in [0.4, 0.5) is 5.82 Å². The smallest absolute Gasteiger partial charge is 0.230 e. The van der Waals surface area contributed by atoms with Gasteiger partial charge < -0.3 is 15.2 Å². The van der Waals surface area contributed by atoms with Crippen molar-refractivity contribution in [3.63, 3.8) is 0 Å². The van der Waals surface area contributed by atoms with E-state index < -0.39 is 5.41 Å². The largest absolute Gasteiger partial charge is 0.368 e. The van der Waals surface area contributed by atoms with Crippen LogP contribution in [-0.2, 0) is 10.2 Å². The van der Waals surface area contributed by atoms with E-state index >= 15 is 0 Å². The third-order valence-corrected chi connectivity index (χ3v) is 5.78. The predicted molar refractivity (Wildman–Crippen MR) is 114 cm³/mol. The summed E-state index contributed by atoms with van der Waals surface area (Å²) in [7, 11) is 0. The number of carbonyl (C=O) groups excluding carboxylic acids is 1. The molecule has 6 nitrogen and oxygen atoms in total. The maximum atomic E-state index is 13.1. The van der Waals surface area contributed by atoms with Crippen LogP contribution in [0, 0.1) is 0 Å². The molecule has 1 fully saturated rings. The van der Waals surface area contributed by atoms with Crippen LogP contribution >= 0.6 is 11.6 Å². The molecule has 1 aromatic carbocycles. The molecule has 29 heavy (non-hydrogen) atoms. The van der Waals surface area contributed by atoms with Gasteiger partial charge in [-0.05, 0) is 42.7 Å². The van der Waals surface area contributed by atoms with Crippen molar-refractivity contribution >= 4 is 23.3 Å². The monoisotopic (exact) mass is 409 g/mol. The fourth-order valence-electron chi connectivity index (χ4n) is 4.00. The number of nitrogens with zero attached hydrogens (tertiary/aromatic N) is 3. The topological polar surface area (TPSA) is 71.8 Å². The fraction of sp³-hybridized carbons (Fsp3) is 0.318. The standard InChI is InChI=1S/C22H24ClN5O/c23-18-7-5-17(6-8-18)22(9-1-2-10-22)21(29)25-12-11-24-19-15-20(27-16-26-19)28-13-3-4-14-28/h3-8,13-16H,1-2,9-12H2,(H,25,29)(H,24,26,27). The average Bonchev–Trinajstić information content (AvgIpc) is 3.45. The second kappa shape index (κ2) is 8.66. The van der Waals surface area contributed by atoms with Crippen molar-refractivity contribution in [3.05, 3.63) is 71.8 Å². The van der Waals surface area contributed by atoms with E-state index in [9.17, 15) is 4.79 Å². The van der Waals surface area contributed by atoms with Crippen LogP contribution in [0.5, 0.6) is 0 Å². The molecule has 2 N–H and O–H groups in total. The van der Waals surface area contributed by atoms with Crippen LogP contribution in [-0.4, -0.2) is 33.5 Å². The molecular weight excluding hydrogens is 386 g/mol. The highest BCUT2D eigenvalue weighted by Gasteiger charge is 2.42. The van der Waals surface area contributed by atoms with Crippen molar-refractivity contribution in [2.75, 3.05) is 18.4 Å². The molecule has 1 aliphatic rings. The highest BCUT2D eigenvalue weighted by Crippen LogP contribution is 2.41. The summed E-state index contributed by atoms with van der Waals surface area (Å²) in [5.74, 6) is 1.62. The molecule has 0 radical (unpaired) electrons. The normalized spacial score (nSPS) is 15.2. The first-order valence-electron chi connectivity index (χ1n) is 9.91. The Morgan fingerprint density at radius 3 is 2.52 bits per heavy atom. The Morgan fingerprint density at radius 1 is 1.07 bits per heavy atom. The fourth-order valence-corrected chi connectivity index (χ4v) is 4.13. The number of halogens is 1. The van der Waals surface area contributed by atoms with E-state index in [-0.39, 0.29) is 5.91 Å². The molecule has 0 atom stereocenters. The Hall–Kier alpha value is -2.86. The lowest BCUT2D eigenvalue weighted by molar-refractivity contribution is -0.126. The van der Waals surface area contributed by atoms with Crippen LogP contribution in [0.15, 0.2) is 61.2 Å². The summed E-state index contributed by atoms with van der Waals surface area (Å²) in [5, 5.41) is 7.05. The Kier molecular flexibility index (Phi) is 5.81. The number of hydrogen-bond acceptors (Lipinski definition) is 4. The molecule has 0 bridgehead atoms. The first-order chi connectivity index (χ1) is 14.2. The molecule has 0 unspecified atom stereocenters. The number of amides is 1. The van der Waals surface area contributed by atoms with Gasteiger partial charge in [0.25, 0.3) is 0 Å². The zero-order chi connectivity index (χ0) is 20.1. The van der Waals surface area contributed by atoms with Gasteiger partial charge in [-0.3, -0.25) is 4.79 Å². The van der Waals surface area contributed by atoms with Crippen LogP contribution in [0.1, 0.15) is 31.2 Å². The highest BCUT2D eigenvalue weighted by molar-refractivity contribution is 6.30. The molecule has 1 amide bonds. The number of benzene rings is 1. The Balaban J connectivity index is 1.35. The Labute approximate surface area is 175 Å². The van der Waals surface area contributed by atoms with Gasteiger partial charge in [0.2, 0.25) is 5.91 Å². The highest BCUT2D eigenvalue weighted by atomic mass is 35.5. The van der Waals surface area contributed by atoms with E-state index in [1.54, 1.807) is 0 Å². The lowest BCUT2D eigenvalue weighted by Gasteiger charge is -2.28. The molecule has 4 rings (SSSR count). The molecule has 150 valence electrons. The molecule has 2 aromatic heterocycles. The predicted octanol–water partition coefficient (Wildman–Crippen LogP) is 3.96. The minimum absolute atomic E-state index is 0.0924. The zero-order valence-electron chi connectivity index (χ0n) is 16.1. The first-order valence-corrected chi connectivity index (χ1v) is 10.3. The van der Waals surface area contributed by atoms with E-state index in [0.29, 0.717) is 18.1 Å². The molecular formula is C22H24ClN5O. The van der Waals surface area contributed by atoms with Crippen molar-refractivity contribution in [1.29, 1.82) is 0 Å². The van der Waals surface area contributed by atoms with Gasteiger partial charge in [0, 0.05) is 36.6 Å². The van der Waals surface area contributed by atoms with Gasteiger partial charge in [0.05, 0.1) is 5.41 Å². The van der Waals surface area contributed by atoms with Gasteiger partial charge in [-0.1, -0.05) is 36.6 Å². The zero-order valence-corrected chi connectivity index (χ0v) is 16.9. The SMILES string of the molecule is O=C(NCCNc1cc(-n2cccc2)ncn1)C1(c2ccc(Cl)cc2)CCCC1. The minimum Gasteiger partial charge on any atom is -0.368 e. The lowest BCUT2D eigenvalue weighted by Crippen LogP contribution is -2.44. The van der Waals surface area contributed by atoms with Crippen LogP contribution < -0.4 is 10.6 Å². The third kappa shape index (κ3) is 4.27. The molecule has 2 heterocycles. The van der Waals surface area contributed by atoms with E-state index in [1.165, 1.54) is 6.33 Å². The maximum Gasteiger partial charge on any atom is 0.230 e. The van der Waals surface area contributed by atoms with Crippen LogP contribution in [0.3, 0.4) is 0 Å². The van der Waals surface area contributed by atoms with Gasteiger partial charge in [0.1, 0.15) is 18.0 Å². The van der Waals surface area contributed by atoms with Crippen LogP contribution in [0.25, 0.3) is 5.82 Å². The number of carbonyl (C=O) groups is 1. The van der Waals surface area contributed by atoms with Crippen molar-refractivity contribution in [3.8, 4) is 5.82 Å². The van der Waals surface area contributed by atoms with Crippen LogP contribution in [0.2, 0.25) is 5.02 Å². The number of nitrogens with one attached hydrogen (secondary N) is 2. The van der Waals surface area contributed by atoms with E-state index in [4.69, 9.17) is 11.6 Å². The summed E-state index contributed by atoms with van der Waals surface area (Å²) in [6.07, 6.45) is 9.29. The molecule has 1 saturated carbocycles. The summed E-state index contributed by atoms with van der Waals surface area (Å²) in [5.41, 5.74) is 0.609. The summed E-state index contributed by atoms with van der Waals surface area (Å²) >= 11 is 6.03. The van der Waals surface area contributed by atoms with Gasteiger partial charge in [-0.15, -0.1) is 0 Å². The second-order valence-electron chi connectivity index (χ2n) is 7.33. The molecule has 0 spiro atoms. The van der Waals surface area contributed by atoms with Crippen molar-refractivity contribution < 1.29 is 4.79 Å². The lowest BCUT2D eigenvalue weighted by atomic mass is 9.78. The third-order valence-electron chi connectivity index (χ3n) is 5.53. The molecule has 3 aromatic rings. The van der Waals surface area contributed by atoms with Gasteiger partial charge in [-0.25, -0.2) is 9.97 Å². The molecule has 7 heteroatoms. The number of rotatable bonds is 7. The van der Waals surface area contributed by atoms with Gasteiger partial charge >= 0.3 is 0 Å². The van der Waals surface area contributed by atoms with E-state index in [0.717, 1.165) is 42.9 Å². The quantitative estimate of drug-likeness (QED) is 0.579. The number of hydrogen-bond donors (Lipinski definition) is 2. The second-order valence-corrected chi connectivity index (χ2v) is 7.77. The summed E-state index contributed by atoms with van der Waals surface area (Å²) < 4.78 is 1.92. The number of anilines is 1. The molecule has 0 aliphatic heterocycles. The number of aromatic nitrogens is 3. The van der Waals surface area contributed by atoms with Gasteiger partial charge in [-0.2, -0.15) is 0 Å². The van der Waals surface area contributed by atoms with Crippen molar-refractivity contribution in [1.82, 2.24) is 19.9 Å². The summed E-state index contributed by atoms with van der Waals surface area (Å²) in [4.78, 5) is 21.6. The summed E-state index contributed by atoms with van der Waals surface area (Å²) in [6.45, 7) is 1.11. The minimum atomic E-state index is -0.443. The molecule has 1 aliphatic carbocycles. The first kappa shape index (κ1) is 19.5.